The molecule has 2 aliphatic heterocycles. The zero-order valence-electron chi connectivity index (χ0n) is 18.6. The SMILES string of the molecule is O=C(CCOCC1CCCN1c1cn[nH]c(=O)c1C(F)(F)F)N1CCN(c2ccccn2)CC1. The van der Waals surface area contributed by atoms with Gasteiger partial charge in [0.25, 0.3) is 5.56 Å². The Labute approximate surface area is 194 Å². The zero-order valence-corrected chi connectivity index (χ0v) is 18.6. The minimum Gasteiger partial charge on any atom is -0.379 e. The second-order valence-electron chi connectivity index (χ2n) is 8.33. The lowest BCUT2D eigenvalue weighted by Crippen LogP contribution is -2.49. The fourth-order valence-corrected chi connectivity index (χ4v) is 4.47. The highest BCUT2D eigenvalue weighted by molar-refractivity contribution is 5.76. The Morgan fingerprint density at radius 2 is 1.97 bits per heavy atom. The molecule has 4 heterocycles. The number of carbonyl (C=O) groups excluding carboxylic acids is 1. The van der Waals surface area contributed by atoms with Gasteiger partial charge >= 0.3 is 6.18 Å². The third kappa shape index (κ3) is 5.49. The molecule has 1 amide bonds. The van der Waals surface area contributed by atoms with Crippen LogP contribution < -0.4 is 15.4 Å². The van der Waals surface area contributed by atoms with Crippen molar-refractivity contribution in [2.45, 2.75) is 31.5 Å². The van der Waals surface area contributed by atoms with Crippen molar-refractivity contribution in [3.8, 4) is 0 Å². The molecule has 2 fully saturated rings. The maximum absolute atomic E-state index is 13.4. The number of H-pyrrole nitrogens is 1. The third-order valence-corrected chi connectivity index (χ3v) is 6.18. The zero-order chi connectivity index (χ0) is 24.1. The number of nitrogens with one attached hydrogen (secondary N) is 1. The Bertz CT molecular complexity index is 1020. The highest BCUT2D eigenvalue weighted by Gasteiger charge is 2.40. The summed E-state index contributed by atoms with van der Waals surface area (Å²) in [7, 11) is 0. The molecular weight excluding hydrogens is 453 g/mol. The molecule has 0 spiro atoms. The molecule has 12 heteroatoms. The summed E-state index contributed by atoms with van der Waals surface area (Å²) in [5.41, 5.74) is -2.73. The first-order valence-electron chi connectivity index (χ1n) is 11.3. The second-order valence-corrected chi connectivity index (χ2v) is 8.33. The van der Waals surface area contributed by atoms with Crippen LogP contribution in [0.5, 0.6) is 0 Å². The topological polar surface area (TPSA) is 94.7 Å². The van der Waals surface area contributed by atoms with Gasteiger partial charge in [0, 0.05) is 38.9 Å². The van der Waals surface area contributed by atoms with Crippen LogP contribution in [0.25, 0.3) is 0 Å². The van der Waals surface area contributed by atoms with Gasteiger partial charge in [-0.2, -0.15) is 18.3 Å². The molecule has 0 aromatic carbocycles. The average molecular weight is 480 g/mol. The lowest BCUT2D eigenvalue weighted by molar-refractivity contribution is -0.138. The summed E-state index contributed by atoms with van der Waals surface area (Å²) in [5.74, 6) is 0.880. The molecule has 1 unspecified atom stereocenters. The minimum absolute atomic E-state index is 0.0119. The summed E-state index contributed by atoms with van der Waals surface area (Å²) < 4.78 is 46.0. The third-order valence-electron chi connectivity index (χ3n) is 6.18. The van der Waals surface area contributed by atoms with Gasteiger partial charge in [0.15, 0.2) is 0 Å². The van der Waals surface area contributed by atoms with E-state index in [0.29, 0.717) is 45.6 Å². The lowest BCUT2D eigenvalue weighted by Gasteiger charge is -2.35. The fraction of sp³-hybridized carbons (Fsp3) is 0.545. The van der Waals surface area contributed by atoms with Gasteiger partial charge < -0.3 is 19.4 Å². The lowest BCUT2D eigenvalue weighted by atomic mass is 10.2. The summed E-state index contributed by atoms with van der Waals surface area (Å²) in [6, 6.07) is 5.41. The number of ether oxygens (including phenoxy) is 1. The first-order valence-corrected chi connectivity index (χ1v) is 11.3. The molecule has 1 atom stereocenters. The van der Waals surface area contributed by atoms with E-state index < -0.39 is 17.3 Å². The molecule has 184 valence electrons. The molecule has 2 aromatic heterocycles. The smallest absolute Gasteiger partial charge is 0.379 e. The van der Waals surface area contributed by atoms with E-state index in [4.69, 9.17) is 4.74 Å². The Hall–Kier alpha value is -3.15. The highest BCUT2D eigenvalue weighted by atomic mass is 19.4. The van der Waals surface area contributed by atoms with Crippen LogP contribution in [0.4, 0.5) is 24.7 Å². The Morgan fingerprint density at radius 3 is 2.68 bits per heavy atom. The predicted molar refractivity (Wildman–Crippen MR) is 119 cm³/mol. The van der Waals surface area contributed by atoms with Crippen LogP contribution in [0.1, 0.15) is 24.8 Å². The Balaban J connectivity index is 1.25. The van der Waals surface area contributed by atoms with E-state index in [2.05, 4.69) is 15.0 Å². The van der Waals surface area contributed by atoms with Crippen molar-refractivity contribution in [3.63, 3.8) is 0 Å². The minimum atomic E-state index is -4.78. The monoisotopic (exact) mass is 480 g/mol. The van der Waals surface area contributed by atoms with Gasteiger partial charge in [-0.3, -0.25) is 9.59 Å². The van der Waals surface area contributed by atoms with Crippen molar-refractivity contribution in [3.05, 3.63) is 46.5 Å². The highest BCUT2D eigenvalue weighted by Crippen LogP contribution is 2.36. The number of piperazine rings is 1. The van der Waals surface area contributed by atoms with Crippen LogP contribution in [-0.4, -0.2) is 78.0 Å². The number of alkyl halides is 3. The number of carbonyl (C=O) groups is 1. The molecule has 9 nitrogen and oxygen atoms in total. The maximum Gasteiger partial charge on any atom is 0.423 e. The molecule has 1 N–H and O–H groups in total. The first-order chi connectivity index (χ1) is 16.3. The largest absolute Gasteiger partial charge is 0.423 e. The summed E-state index contributed by atoms with van der Waals surface area (Å²) in [4.78, 5) is 34.1. The number of halogens is 3. The molecule has 0 aliphatic carbocycles. The molecule has 2 aromatic rings. The van der Waals surface area contributed by atoms with Crippen molar-refractivity contribution < 1.29 is 22.7 Å². The molecule has 4 rings (SSSR count). The van der Waals surface area contributed by atoms with E-state index in [9.17, 15) is 22.8 Å². The summed E-state index contributed by atoms with van der Waals surface area (Å²) in [6.07, 6.45) is -0.489. The van der Waals surface area contributed by atoms with Crippen LogP contribution in [0.2, 0.25) is 0 Å². The number of pyridine rings is 1. The molecule has 0 saturated carbocycles. The molecule has 2 saturated heterocycles. The van der Waals surface area contributed by atoms with Gasteiger partial charge in [0.1, 0.15) is 11.4 Å². The van der Waals surface area contributed by atoms with Gasteiger partial charge in [-0.1, -0.05) is 6.07 Å². The van der Waals surface area contributed by atoms with Crippen LogP contribution in [0, 0.1) is 0 Å². The molecule has 0 bridgehead atoms. The summed E-state index contributed by atoms with van der Waals surface area (Å²) >= 11 is 0. The van der Waals surface area contributed by atoms with E-state index >= 15 is 0 Å². The van der Waals surface area contributed by atoms with Crippen molar-refractivity contribution in [2.75, 3.05) is 55.7 Å². The molecule has 0 radical (unpaired) electrons. The van der Waals surface area contributed by atoms with Gasteiger partial charge in [-0.25, -0.2) is 10.1 Å². The van der Waals surface area contributed by atoms with Crippen LogP contribution in [0.15, 0.2) is 35.4 Å². The van der Waals surface area contributed by atoms with Crippen molar-refractivity contribution in [1.82, 2.24) is 20.1 Å². The number of amides is 1. The average Bonchev–Trinajstić information content (AvgIpc) is 3.30. The number of hydrogen-bond acceptors (Lipinski definition) is 7. The van der Waals surface area contributed by atoms with E-state index in [0.717, 1.165) is 12.0 Å². The van der Waals surface area contributed by atoms with Crippen LogP contribution >= 0.6 is 0 Å². The van der Waals surface area contributed by atoms with E-state index in [-0.39, 0.29) is 37.3 Å². The van der Waals surface area contributed by atoms with Crippen LogP contribution in [-0.2, 0) is 15.7 Å². The number of nitrogens with zero attached hydrogens (tertiary/aromatic N) is 5. The summed E-state index contributed by atoms with van der Waals surface area (Å²) in [6.45, 7) is 3.33. The predicted octanol–water partition coefficient (Wildman–Crippen LogP) is 1.91. The van der Waals surface area contributed by atoms with Gasteiger partial charge in [-0.15, -0.1) is 0 Å². The molecule has 34 heavy (non-hydrogen) atoms. The van der Waals surface area contributed by atoms with E-state index in [1.807, 2.05) is 23.3 Å². The number of aromatic amines is 1. The molecular formula is C22H27F3N6O3. The van der Waals surface area contributed by atoms with Gasteiger partial charge in [0.05, 0.1) is 37.6 Å². The Kier molecular flexibility index (Phi) is 7.35. The number of rotatable bonds is 7. The standard InChI is InChI=1S/C22H27F3N6O3/c23-22(24,25)20-17(14-27-28-21(20)33)31-8-3-4-16(31)15-34-13-6-19(32)30-11-9-29(10-12-30)18-5-1-2-7-26-18/h1-2,5,7,14,16H,3-4,6,8-13,15H2,(H,28,33). The van der Waals surface area contributed by atoms with E-state index in [1.54, 1.807) is 11.1 Å². The second kappa shape index (κ2) is 10.4. The van der Waals surface area contributed by atoms with Gasteiger partial charge in [0.2, 0.25) is 5.91 Å². The van der Waals surface area contributed by atoms with Gasteiger partial charge in [-0.05, 0) is 25.0 Å². The van der Waals surface area contributed by atoms with Crippen molar-refractivity contribution in [1.29, 1.82) is 0 Å². The Morgan fingerprint density at radius 1 is 1.18 bits per heavy atom. The van der Waals surface area contributed by atoms with Crippen LogP contribution in [0.3, 0.4) is 0 Å². The number of hydrogen-bond donors (Lipinski definition) is 1. The molecule has 2 aliphatic rings. The number of aromatic nitrogens is 3. The maximum atomic E-state index is 13.4. The normalized spacial score (nSPS) is 19.0. The van der Waals surface area contributed by atoms with Crippen molar-refractivity contribution >= 4 is 17.4 Å². The number of anilines is 2. The quantitative estimate of drug-likeness (QED) is 0.605. The first kappa shape index (κ1) is 24.0. The van der Waals surface area contributed by atoms with E-state index in [1.165, 1.54) is 4.90 Å². The summed E-state index contributed by atoms with van der Waals surface area (Å²) in [5, 5.41) is 5.42. The fourth-order valence-electron chi connectivity index (χ4n) is 4.47. The van der Waals surface area contributed by atoms with Crippen molar-refractivity contribution in [2.24, 2.45) is 0 Å².